The van der Waals surface area contributed by atoms with Gasteiger partial charge >= 0.3 is 23.9 Å². The van der Waals surface area contributed by atoms with Crippen molar-refractivity contribution in [2.45, 2.75) is 25.1 Å². The SMILES string of the molecule is COC(=O)OC1CCN(c2ncnc(Oc3cc(C(F)(F)F)nn3C)c2[N+](=O)[O-])CC1. The molecule has 2 aromatic rings. The van der Waals surface area contributed by atoms with E-state index in [1.54, 1.807) is 4.90 Å². The van der Waals surface area contributed by atoms with E-state index in [0.29, 0.717) is 18.9 Å². The van der Waals surface area contributed by atoms with Crippen LogP contribution in [-0.2, 0) is 22.7 Å². The van der Waals surface area contributed by atoms with Gasteiger partial charge in [0.05, 0.1) is 12.0 Å². The molecule has 0 aliphatic carbocycles. The summed E-state index contributed by atoms with van der Waals surface area (Å²) in [5.74, 6) is -0.977. The maximum atomic E-state index is 12.9. The number of anilines is 1. The highest BCUT2D eigenvalue weighted by molar-refractivity contribution is 5.63. The lowest BCUT2D eigenvalue weighted by Crippen LogP contribution is -2.38. The highest BCUT2D eigenvalue weighted by Gasteiger charge is 2.36. The van der Waals surface area contributed by atoms with E-state index < -0.39 is 40.6 Å². The number of nitrogens with zero attached hydrogens (tertiary/aromatic N) is 6. The Balaban J connectivity index is 1.84. The fourth-order valence-corrected chi connectivity index (χ4v) is 2.97. The number of alkyl halides is 3. The highest BCUT2D eigenvalue weighted by Crippen LogP contribution is 2.38. The molecule has 0 aromatic carbocycles. The van der Waals surface area contributed by atoms with Crippen LogP contribution in [0, 0.1) is 10.1 Å². The van der Waals surface area contributed by atoms with Gasteiger partial charge in [0.2, 0.25) is 11.7 Å². The minimum absolute atomic E-state index is 0.0651. The summed E-state index contributed by atoms with van der Waals surface area (Å²) >= 11 is 0. The van der Waals surface area contributed by atoms with Crippen molar-refractivity contribution >= 4 is 17.7 Å². The molecule has 0 amide bonds. The molecule has 0 bridgehead atoms. The Labute approximate surface area is 172 Å². The molecule has 0 unspecified atom stereocenters. The molecule has 0 atom stereocenters. The largest absolute Gasteiger partial charge is 0.508 e. The van der Waals surface area contributed by atoms with E-state index in [4.69, 9.17) is 9.47 Å². The van der Waals surface area contributed by atoms with E-state index >= 15 is 0 Å². The van der Waals surface area contributed by atoms with Gasteiger partial charge in [0.15, 0.2) is 5.69 Å². The molecule has 3 heterocycles. The van der Waals surface area contributed by atoms with Gasteiger partial charge in [-0.15, -0.1) is 0 Å². The number of hydrogen-bond donors (Lipinski definition) is 0. The van der Waals surface area contributed by atoms with E-state index in [1.807, 2.05) is 0 Å². The molecule has 31 heavy (non-hydrogen) atoms. The van der Waals surface area contributed by atoms with Gasteiger partial charge < -0.3 is 19.1 Å². The molecule has 3 rings (SSSR count). The standard InChI is InChI=1S/C16H17F3N6O6/c1-23-11(7-10(22-23)16(17,18)19)31-14-12(25(27)28)13(20-8-21-14)24-5-3-9(4-6-24)30-15(26)29-2/h7-9H,3-6H2,1-2H3. The fourth-order valence-electron chi connectivity index (χ4n) is 2.97. The molecule has 1 fully saturated rings. The van der Waals surface area contributed by atoms with Gasteiger partial charge in [0.25, 0.3) is 0 Å². The summed E-state index contributed by atoms with van der Waals surface area (Å²) in [5.41, 5.74) is -1.82. The van der Waals surface area contributed by atoms with Crippen molar-refractivity contribution in [3.05, 3.63) is 28.2 Å². The Morgan fingerprint density at radius 1 is 1.29 bits per heavy atom. The molecular weight excluding hydrogens is 429 g/mol. The van der Waals surface area contributed by atoms with Crippen molar-refractivity contribution in [2.75, 3.05) is 25.1 Å². The van der Waals surface area contributed by atoms with Crippen molar-refractivity contribution in [3.63, 3.8) is 0 Å². The normalized spacial score (nSPS) is 14.9. The van der Waals surface area contributed by atoms with Crippen LogP contribution in [0.2, 0.25) is 0 Å². The van der Waals surface area contributed by atoms with Crippen LogP contribution >= 0.6 is 0 Å². The zero-order valence-corrected chi connectivity index (χ0v) is 16.3. The topological polar surface area (TPSA) is 135 Å². The van der Waals surface area contributed by atoms with Crippen molar-refractivity contribution in [1.29, 1.82) is 0 Å². The number of rotatable bonds is 5. The Kier molecular flexibility index (Phi) is 6.12. The number of aromatic nitrogens is 4. The first-order valence-electron chi connectivity index (χ1n) is 8.88. The number of piperidine rings is 1. The smallest absolute Gasteiger partial charge is 0.438 e. The molecule has 2 aromatic heterocycles. The molecule has 168 valence electrons. The summed E-state index contributed by atoms with van der Waals surface area (Å²) in [6, 6.07) is 0.612. The number of ether oxygens (including phenoxy) is 3. The minimum atomic E-state index is -4.71. The molecular formula is C16H17F3N6O6. The van der Waals surface area contributed by atoms with Crippen molar-refractivity contribution in [1.82, 2.24) is 19.7 Å². The van der Waals surface area contributed by atoms with Crippen LogP contribution in [0.15, 0.2) is 12.4 Å². The Bertz CT molecular complexity index is 973. The Hall–Kier alpha value is -3.65. The molecule has 15 heteroatoms. The third-order valence-corrected chi connectivity index (χ3v) is 4.45. The first-order valence-corrected chi connectivity index (χ1v) is 8.88. The summed E-state index contributed by atoms with van der Waals surface area (Å²) in [6.45, 7) is 0.534. The van der Waals surface area contributed by atoms with Crippen molar-refractivity contribution in [3.8, 4) is 11.8 Å². The number of methoxy groups -OCH3 is 1. The van der Waals surface area contributed by atoms with Crippen molar-refractivity contribution < 1.29 is 37.1 Å². The molecule has 0 N–H and O–H groups in total. The van der Waals surface area contributed by atoms with E-state index in [1.165, 1.54) is 14.2 Å². The van der Waals surface area contributed by atoms with Crippen LogP contribution in [0.25, 0.3) is 0 Å². The summed E-state index contributed by atoms with van der Waals surface area (Å²) in [7, 11) is 2.38. The Morgan fingerprint density at radius 2 is 1.97 bits per heavy atom. The molecule has 0 spiro atoms. The number of carbonyl (C=O) groups is 1. The monoisotopic (exact) mass is 446 g/mol. The maximum Gasteiger partial charge on any atom is 0.508 e. The summed E-state index contributed by atoms with van der Waals surface area (Å²) < 4.78 is 54.2. The average molecular weight is 446 g/mol. The number of halogens is 3. The Morgan fingerprint density at radius 3 is 2.52 bits per heavy atom. The van der Waals surface area contributed by atoms with E-state index in [0.717, 1.165) is 11.0 Å². The lowest BCUT2D eigenvalue weighted by Gasteiger charge is -2.31. The van der Waals surface area contributed by atoms with E-state index in [2.05, 4.69) is 19.8 Å². The molecule has 1 aliphatic heterocycles. The van der Waals surface area contributed by atoms with Crippen LogP contribution in [-0.4, -0.2) is 57.1 Å². The number of carbonyl (C=O) groups excluding carboxylic acids is 1. The van der Waals surface area contributed by atoms with Crippen LogP contribution in [0.5, 0.6) is 11.8 Å². The van der Waals surface area contributed by atoms with Gasteiger partial charge in [-0.2, -0.15) is 23.3 Å². The number of aryl methyl sites for hydroxylation is 1. The van der Waals surface area contributed by atoms with E-state index in [9.17, 15) is 28.1 Å². The molecule has 0 saturated carbocycles. The molecule has 12 nitrogen and oxygen atoms in total. The van der Waals surface area contributed by atoms with Gasteiger partial charge in [-0.25, -0.2) is 14.5 Å². The summed E-state index contributed by atoms with van der Waals surface area (Å²) in [4.78, 5) is 31.4. The molecule has 1 saturated heterocycles. The predicted octanol–water partition coefficient (Wildman–Crippen LogP) is 2.68. The molecule has 0 radical (unpaired) electrons. The lowest BCUT2D eigenvalue weighted by atomic mass is 10.1. The fraction of sp³-hybridized carbons (Fsp3) is 0.500. The zero-order valence-electron chi connectivity index (χ0n) is 16.3. The first kappa shape index (κ1) is 22.0. The van der Waals surface area contributed by atoms with E-state index in [-0.39, 0.29) is 24.8 Å². The van der Waals surface area contributed by atoms with Crippen molar-refractivity contribution in [2.24, 2.45) is 7.05 Å². The van der Waals surface area contributed by atoms with Gasteiger partial charge in [0, 0.05) is 39.0 Å². The predicted molar refractivity (Wildman–Crippen MR) is 95.7 cm³/mol. The van der Waals surface area contributed by atoms with Gasteiger partial charge in [-0.05, 0) is 0 Å². The average Bonchev–Trinajstić information content (AvgIpc) is 3.09. The second-order valence-electron chi connectivity index (χ2n) is 6.46. The highest BCUT2D eigenvalue weighted by atomic mass is 19.4. The van der Waals surface area contributed by atoms with Crippen LogP contribution in [0.1, 0.15) is 18.5 Å². The minimum Gasteiger partial charge on any atom is -0.438 e. The van der Waals surface area contributed by atoms with Gasteiger partial charge in [-0.1, -0.05) is 0 Å². The second kappa shape index (κ2) is 8.61. The van der Waals surface area contributed by atoms with Crippen LogP contribution < -0.4 is 9.64 Å². The number of hydrogen-bond acceptors (Lipinski definition) is 10. The quantitative estimate of drug-likeness (QED) is 0.383. The lowest BCUT2D eigenvalue weighted by molar-refractivity contribution is -0.385. The first-order chi connectivity index (χ1) is 14.6. The van der Waals surface area contributed by atoms with Gasteiger partial charge in [0.1, 0.15) is 12.4 Å². The number of nitro groups is 1. The van der Waals surface area contributed by atoms with Crippen LogP contribution in [0.3, 0.4) is 0 Å². The van der Waals surface area contributed by atoms with Gasteiger partial charge in [-0.3, -0.25) is 10.1 Å². The zero-order chi connectivity index (χ0) is 22.8. The summed E-state index contributed by atoms with van der Waals surface area (Å²) in [6.07, 6.45) is -4.21. The molecule has 1 aliphatic rings. The maximum absolute atomic E-state index is 12.9. The van der Waals surface area contributed by atoms with Crippen LogP contribution in [0.4, 0.5) is 29.5 Å². The third-order valence-electron chi connectivity index (χ3n) is 4.45. The summed E-state index contributed by atoms with van der Waals surface area (Å²) in [5, 5.41) is 15.0. The third kappa shape index (κ3) is 4.92. The second-order valence-corrected chi connectivity index (χ2v) is 6.46.